The summed E-state index contributed by atoms with van der Waals surface area (Å²) in [4.78, 5) is 12.3. The van der Waals surface area contributed by atoms with Crippen molar-refractivity contribution in [3.8, 4) is 0 Å². The van der Waals surface area contributed by atoms with Gasteiger partial charge in [-0.25, -0.2) is 0 Å². The lowest BCUT2D eigenvalue weighted by Crippen LogP contribution is -2.54. The van der Waals surface area contributed by atoms with Crippen molar-refractivity contribution in [1.29, 1.82) is 0 Å². The molecule has 3 N–H and O–H groups in total. The Morgan fingerprint density at radius 1 is 1.39 bits per heavy atom. The number of nitrogens with two attached hydrogens (primary N) is 1. The van der Waals surface area contributed by atoms with E-state index in [1.54, 1.807) is 0 Å². The normalized spacial score (nSPS) is 17.0. The minimum Gasteiger partial charge on any atom is -0.381 e. The highest BCUT2D eigenvalue weighted by molar-refractivity contribution is 7.15. The van der Waals surface area contributed by atoms with E-state index in [1.165, 1.54) is 11.3 Å². The number of anilines is 1. The Bertz CT molecular complexity index is 700. The smallest absolute Gasteiger partial charge is 0.246 e. The van der Waals surface area contributed by atoms with Crippen LogP contribution in [-0.2, 0) is 16.0 Å². The van der Waals surface area contributed by atoms with E-state index in [-0.39, 0.29) is 5.91 Å². The number of rotatable bonds is 4. The summed E-state index contributed by atoms with van der Waals surface area (Å²) in [6, 6.07) is 7.58. The van der Waals surface area contributed by atoms with Crippen LogP contribution in [0.2, 0.25) is 5.02 Å². The zero-order chi connectivity index (χ0) is 16.3. The van der Waals surface area contributed by atoms with Crippen LogP contribution in [0.4, 0.5) is 5.13 Å². The summed E-state index contributed by atoms with van der Waals surface area (Å²) in [5, 5.41) is 12.8. The molecule has 2 heterocycles. The van der Waals surface area contributed by atoms with Crippen molar-refractivity contribution >= 4 is 34.0 Å². The molecule has 1 aliphatic rings. The van der Waals surface area contributed by atoms with Crippen molar-refractivity contribution in [2.24, 2.45) is 5.73 Å². The summed E-state index contributed by atoms with van der Waals surface area (Å²) >= 11 is 7.31. The number of amides is 1. The van der Waals surface area contributed by atoms with E-state index in [9.17, 15) is 4.79 Å². The van der Waals surface area contributed by atoms with Crippen LogP contribution in [0.5, 0.6) is 0 Å². The third-order valence-electron chi connectivity index (χ3n) is 3.77. The van der Waals surface area contributed by atoms with E-state index < -0.39 is 5.54 Å². The van der Waals surface area contributed by atoms with E-state index in [4.69, 9.17) is 22.1 Å². The molecule has 8 heteroatoms. The number of aromatic nitrogens is 2. The van der Waals surface area contributed by atoms with Crippen LogP contribution in [0, 0.1) is 0 Å². The second-order valence-electron chi connectivity index (χ2n) is 5.53. The Hall–Kier alpha value is -1.54. The number of halogens is 1. The van der Waals surface area contributed by atoms with Gasteiger partial charge in [-0.3, -0.25) is 10.1 Å². The maximum absolute atomic E-state index is 12.3. The van der Waals surface area contributed by atoms with Gasteiger partial charge in [0.1, 0.15) is 10.5 Å². The second kappa shape index (κ2) is 6.92. The first-order valence-corrected chi connectivity index (χ1v) is 8.49. The van der Waals surface area contributed by atoms with E-state index in [1.807, 2.05) is 24.3 Å². The van der Waals surface area contributed by atoms with E-state index >= 15 is 0 Å². The van der Waals surface area contributed by atoms with Gasteiger partial charge in [0.05, 0.1) is 0 Å². The molecule has 2 aromatic rings. The Morgan fingerprint density at radius 3 is 2.91 bits per heavy atom. The number of nitrogens with zero attached hydrogens (tertiary/aromatic N) is 2. The van der Waals surface area contributed by atoms with Crippen LogP contribution >= 0.6 is 22.9 Å². The molecule has 3 rings (SSSR count). The fourth-order valence-corrected chi connectivity index (χ4v) is 3.36. The zero-order valence-electron chi connectivity index (χ0n) is 12.4. The molecule has 122 valence electrons. The standard InChI is InChI=1S/C15H17ClN4O2S/c16-11-3-1-2-10(8-11)9-12-19-20-14(23-12)18-13(21)15(17)4-6-22-7-5-15/h1-3,8H,4-7,9,17H2,(H,18,20,21). The van der Waals surface area contributed by atoms with Gasteiger partial charge in [0.2, 0.25) is 11.0 Å². The molecule has 0 unspecified atom stereocenters. The molecule has 0 spiro atoms. The Morgan fingerprint density at radius 2 is 2.17 bits per heavy atom. The minimum atomic E-state index is -0.892. The monoisotopic (exact) mass is 352 g/mol. The van der Waals surface area contributed by atoms with E-state index in [0.29, 0.717) is 42.6 Å². The van der Waals surface area contributed by atoms with Crippen molar-refractivity contribution in [1.82, 2.24) is 10.2 Å². The number of ether oxygens (including phenoxy) is 1. The SMILES string of the molecule is NC1(C(=O)Nc2nnc(Cc3cccc(Cl)c3)s2)CCOCC1. The predicted molar refractivity (Wildman–Crippen MR) is 89.8 cm³/mol. The zero-order valence-corrected chi connectivity index (χ0v) is 14.0. The molecule has 1 aromatic carbocycles. The molecule has 0 bridgehead atoms. The maximum atomic E-state index is 12.3. The first-order valence-electron chi connectivity index (χ1n) is 7.30. The molecule has 1 aromatic heterocycles. The molecular formula is C15H17ClN4O2S. The van der Waals surface area contributed by atoms with Gasteiger partial charge in [-0.1, -0.05) is 35.1 Å². The van der Waals surface area contributed by atoms with Crippen molar-refractivity contribution in [3.05, 3.63) is 39.9 Å². The fraction of sp³-hybridized carbons (Fsp3) is 0.400. The van der Waals surface area contributed by atoms with Gasteiger partial charge in [-0.2, -0.15) is 0 Å². The van der Waals surface area contributed by atoms with Crippen molar-refractivity contribution in [2.75, 3.05) is 18.5 Å². The summed E-state index contributed by atoms with van der Waals surface area (Å²) in [7, 11) is 0. The van der Waals surface area contributed by atoms with Crippen molar-refractivity contribution in [2.45, 2.75) is 24.8 Å². The molecule has 1 fully saturated rings. The number of hydrogen-bond donors (Lipinski definition) is 2. The molecule has 1 aliphatic heterocycles. The molecule has 0 aliphatic carbocycles. The molecular weight excluding hydrogens is 336 g/mol. The number of nitrogens with one attached hydrogen (secondary N) is 1. The largest absolute Gasteiger partial charge is 0.381 e. The predicted octanol–water partition coefficient (Wildman–Crippen LogP) is 2.23. The quantitative estimate of drug-likeness (QED) is 0.880. The summed E-state index contributed by atoms with van der Waals surface area (Å²) in [5.41, 5.74) is 6.30. The van der Waals surface area contributed by atoms with Crippen LogP contribution in [0.3, 0.4) is 0 Å². The second-order valence-corrected chi connectivity index (χ2v) is 7.03. The lowest BCUT2D eigenvalue weighted by molar-refractivity contribution is -0.124. The summed E-state index contributed by atoms with van der Waals surface area (Å²) in [5.74, 6) is -0.230. The van der Waals surface area contributed by atoms with Crippen molar-refractivity contribution < 1.29 is 9.53 Å². The minimum absolute atomic E-state index is 0.230. The molecule has 0 saturated carbocycles. The van der Waals surface area contributed by atoms with Gasteiger partial charge in [-0.05, 0) is 30.5 Å². The number of benzene rings is 1. The lowest BCUT2D eigenvalue weighted by Gasteiger charge is -2.31. The highest BCUT2D eigenvalue weighted by Gasteiger charge is 2.36. The van der Waals surface area contributed by atoms with Crippen LogP contribution in [0.1, 0.15) is 23.4 Å². The fourth-order valence-electron chi connectivity index (χ4n) is 2.38. The molecule has 23 heavy (non-hydrogen) atoms. The van der Waals surface area contributed by atoms with Gasteiger partial charge in [0, 0.05) is 24.7 Å². The molecule has 0 atom stereocenters. The summed E-state index contributed by atoms with van der Waals surface area (Å²) < 4.78 is 5.25. The average molecular weight is 353 g/mol. The maximum Gasteiger partial charge on any atom is 0.246 e. The van der Waals surface area contributed by atoms with E-state index in [2.05, 4.69) is 15.5 Å². The highest BCUT2D eigenvalue weighted by Crippen LogP contribution is 2.23. The molecule has 1 amide bonds. The molecule has 1 saturated heterocycles. The van der Waals surface area contributed by atoms with Gasteiger partial charge in [0.25, 0.3) is 0 Å². The topological polar surface area (TPSA) is 90.1 Å². The lowest BCUT2D eigenvalue weighted by atomic mass is 9.90. The first-order chi connectivity index (χ1) is 11.0. The summed E-state index contributed by atoms with van der Waals surface area (Å²) in [6.07, 6.45) is 1.63. The van der Waals surface area contributed by atoms with Crippen molar-refractivity contribution in [3.63, 3.8) is 0 Å². The molecule has 0 radical (unpaired) electrons. The highest BCUT2D eigenvalue weighted by atomic mass is 35.5. The van der Waals surface area contributed by atoms with Crippen LogP contribution in [0.15, 0.2) is 24.3 Å². The number of hydrogen-bond acceptors (Lipinski definition) is 6. The van der Waals surface area contributed by atoms with Gasteiger partial charge in [0.15, 0.2) is 0 Å². The average Bonchev–Trinajstić information content (AvgIpc) is 2.95. The van der Waals surface area contributed by atoms with Crippen LogP contribution in [-0.4, -0.2) is 34.9 Å². The number of carbonyl (C=O) groups excluding carboxylic acids is 1. The van der Waals surface area contributed by atoms with Gasteiger partial charge < -0.3 is 10.5 Å². The van der Waals surface area contributed by atoms with Crippen LogP contribution < -0.4 is 11.1 Å². The Kier molecular flexibility index (Phi) is 4.91. The van der Waals surface area contributed by atoms with Gasteiger partial charge in [-0.15, -0.1) is 10.2 Å². The Balaban J connectivity index is 1.64. The third-order valence-corrected chi connectivity index (χ3v) is 4.84. The van der Waals surface area contributed by atoms with E-state index in [0.717, 1.165) is 10.6 Å². The Labute approximate surface area is 143 Å². The molecule has 6 nitrogen and oxygen atoms in total. The third kappa shape index (κ3) is 4.06. The first kappa shape index (κ1) is 16.3. The van der Waals surface area contributed by atoms with Crippen LogP contribution in [0.25, 0.3) is 0 Å². The van der Waals surface area contributed by atoms with Gasteiger partial charge >= 0.3 is 0 Å². The number of carbonyl (C=O) groups is 1. The summed E-state index contributed by atoms with van der Waals surface area (Å²) in [6.45, 7) is 1.00.